The van der Waals surface area contributed by atoms with Crippen LogP contribution in [0.3, 0.4) is 0 Å². The van der Waals surface area contributed by atoms with Gasteiger partial charge in [0.25, 0.3) is 0 Å². The largest absolute Gasteiger partial charge is 0.313 e. The van der Waals surface area contributed by atoms with E-state index >= 15 is 0 Å². The van der Waals surface area contributed by atoms with Gasteiger partial charge in [0.15, 0.2) is 0 Å². The summed E-state index contributed by atoms with van der Waals surface area (Å²) >= 11 is 0. The maximum atomic E-state index is 3.75. The summed E-state index contributed by atoms with van der Waals surface area (Å²) in [4.78, 5) is 0. The Hall–Kier alpha value is -0.860. The Morgan fingerprint density at radius 3 is 2.87 bits per heavy atom. The zero-order valence-corrected chi connectivity index (χ0v) is 9.00. The molecule has 1 aromatic carbocycles. The van der Waals surface area contributed by atoms with Crippen LogP contribution in [0.1, 0.15) is 36.4 Å². The third-order valence-electron chi connectivity index (χ3n) is 3.37. The Bertz CT molecular complexity index is 344. The second-order valence-electron chi connectivity index (χ2n) is 4.66. The van der Waals surface area contributed by atoms with Gasteiger partial charge in [-0.1, -0.05) is 24.3 Å². The molecule has 2 heteroatoms. The summed E-state index contributed by atoms with van der Waals surface area (Å²) in [7, 11) is 0. The molecule has 0 amide bonds. The monoisotopic (exact) mass is 202 g/mol. The van der Waals surface area contributed by atoms with Gasteiger partial charge in [0.1, 0.15) is 0 Å². The van der Waals surface area contributed by atoms with Gasteiger partial charge in [0.05, 0.1) is 0 Å². The normalized spacial score (nSPS) is 25.7. The van der Waals surface area contributed by atoms with Crippen LogP contribution in [0, 0.1) is 0 Å². The Labute approximate surface area is 91.1 Å². The van der Waals surface area contributed by atoms with Gasteiger partial charge in [-0.3, -0.25) is 0 Å². The fourth-order valence-electron chi connectivity index (χ4n) is 2.37. The first-order chi connectivity index (χ1) is 7.43. The molecule has 2 nitrogen and oxygen atoms in total. The van der Waals surface area contributed by atoms with Crippen LogP contribution < -0.4 is 10.6 Å². The highest BCUT2D eigenvalue weighted by Gasteiger charge is 2.26. The van der Waals surface area contributed by atoms with E-state index in [0.717, 1.165) is 19.1 Å². The predicted octanol–water partition coefficient (Wildman–Crippen LogP) is 1.97. The van der Waals surface area contributed by atoms with Gasteiger partial charge in [-0.05, 0) is 36.9 Å². The molecule has 1 fully saturated rings. The lowest BCUT2D eigenvalue weighted by Gasteiger charge is -2.18. The van der Waals surface area contributed by atoms with Crippen molar-refractivity contribution in [3.63, 3.8) is 0 Å². The Morgan fingerprint density at radius 2 is 2.00 bits per heavy atom. The van der Waals surface area contributed by atoms with Gasteiger partial charge in [-0.25, -0.2) is 0 Å². The smallest absolute Gasteiger partial charge is 0.0337 e. The van der Waals surface area contributed by atoms with Crippen molar-refractivity contribution in [2.24, 2.45) is 0 Å². The summed E-state index contributed by atoms with van der Waals surface area (Å²) < 4.78 is 0. The van der Waals surface area contributed by atoms with Crippen LogP contribution in [0.25, 0.3) is 0 Å². The minimum Gasteiger partial charge on any atom is -0.313 e. The predicted molar refractivity (Wildman–Crippen MR) is 61.7 cm³/mol. The number of rotatable bonds is 2. The third kappa shape index (κ3) is 2.06. The molecule has 80 valence electrons. The first-order valence-electron chi connectivity index (χ1n) is 5.98. The molecule has 3 rings (SSSR count). The lowest BCUT2D eigenvalue weighted by Crippen LogP contribution is -2.24. The number of hydrogen-bond acceptors (Lipinski definition) is 2. The fraction of sp³-hybridized carbons (Fsp3) is 0.538. The second-order valence-corrected chi connectivity index (χ2v) is 4.66. The van der Waals surface area contributed by atoms with Gasteiger partial charge < -0.3 is 10.6 Å². The van der Waals surface area contributed by atoms with E-state index in [1.807, 2.05) is 0 Å². The summed E-state index contributed by atoms with van der Waals surface area (Å²) in [5.41, 5.74) is 2.97. The Morgan fingerprint density at radius 1 is 1.13 bits per heavy atom. The fourth-order valence-corrected chi connectivity index (χ4v) is 2.37. The molecule has 1 aromatic rings. The maximum Gasteiger partial charge on any atom is 0.0337 e. The van der Waals surface area contributed by atoms with E-state index in [0.29, 0.717) is 6.04 Å². The minimum absolute atomic E-state index is 0.573. The highest BCUT2D eigenvalue weighted by molar-refractivity contribution is 5.31. The SMILES string of the molecule is c1ccc2c(c1)CNCCC2NC1CC1. The second kappa shape index (κ2) is 3.95. The molecule has 15 heavy (non-hydrogen) atoms. The summed E-state index contributed by atoms with van der Waals surface area (Å²) in [6.07, 6.45) is 3.95. The van der Waals surface area contributed by atoms with Crippen LogP contribution >= 0.6 is 0 Å². The molecule has 0 spiro atoms. The molecule has 0 bridgehead atoms. The molecule has 1 unspecified atom stereocenters. The highest BCUT2D eigenvalue weighted by Crippen LogP contribution is 2.28. The number of nitrogens with one attached hydrogen (secondary N) is 2. The molecule has 1 heterocycles. The quantitative estimate of drug-likeness (QED) is 0.766. The van der Waals surface area contributed by atoms with Crippen LogP contribution in [0.15, 0.2) is 24.3 Å². The topological polar surface area (TPSA) is 24.1 Å². The first kappa shape index (κ1) is 9.37. The van der Waals surface area contributed by atoms with Crippen molar-refractivity contribution in [3.8, 4) is 0 Å². The maximum absolute atomic E-state index is 3.75. The average molecular weight is 202 g/mol. The molecule has 1 atom stereocenters. The summed E-state index contributed by atoms with van der Waals surface area (Å²) in [5, 5.41) is 7.24. The van der Waals surface area contributed by atoms with E-state index in [1.165, 1.54) is 30.4 Å². The summed E-state index contributed by atoms with van der Waals surface area (Å²) in [6.45, 7) is 2.15. The van der Waals surface area contributed by atoms with Crippen molar-refractivity contribution in [3.05, 3.63) is 35.4 Å². The summed E-state index contributed by atoms with van der Waals surface area (Å²) in [6, 6.07) is 10.2. The van der Waals surface area contributed by atoms with Crippen LogP contribution in [-0.2, 0) is 6.54 Å². The van der Waals surface area contributed by atoms with Crippen molar-refractivity contribution >= 4 is 0 Å². The molecular weight excluding hydrogens is 184 g/mol. The summed E-state index contributed by atoms with van der Waals surface area (Å²) in [5.74, 6) is 0. The Kier molecular flexibility index (Phi) is 2.47. The van der Waals surface area contributed by atoms with Gasteiger partial charge in [-0.15, -0.1) is 0 Å². The zero-order chi connectivity index (χ0) is 10.1. The molecule has 1 aliphatic heterocycles. The standard InChI is InChI=1S/C13H18N2/c1-2-4-12-10(3-1)9-14-8-7-13(12)15-11-5-6-11/h1-4,11,13-15H,5-9H2. The minimum atomic E-state index is 0.573. The number of fused-ring (bicyclic) bond motifs is 1. The van der Waals surface area contributed by atoms with E-state index in [1.54, 1.807) is 0 Å². The Balaban J connectivity index is 1.86. The average Bonchev–Trinajstić information content (AvgIpc) is 3.07. The third-order valence-corrected chi connectivity index (χ3v) is 3.37. The van der Waals surface area contributed by atoms with E-state index < -0.39 is 0 Å². The zero-order valence-electron chi connectivity index (χ0n) is 9.00. The number of benzene rings is 1. The van der Waals surface area contributed by atoms with E-state index in [2.05, 4.69) is 34.9 Å². The molecular formula is C13H18N2. The van der Waals surface area contributed by atoms with Crippen molar-refractivity contribution in [2.75, 3.05) is 6.54 Å². The van der Waals surface area contributed by atoms with E-state index in [4.69, 9.17) is 0 Å². The van der Waals surface area contributed by atoms with Gasteiger partial charge in [-0.2, -0.15) is 0 Å². The first-order valence-corrected chi connectivity index (χ1v) is 5.98. The van der Waals surface area contributed by atoms with E-state index in [9.17, 15) is 0 Å². The van der Waals surface area contributed by atoms with Crippen LogP contribution in [0.4, 0.5) is 0 Å². The van der Waals surface area contributed by atoms with Crippen molar-refractivity contribution in [2.45, 2.75) is 37.9 Å². The molecule has 2 aliphatic rings. The van der Waals surface area contributed by atoms with Crippen molar-refractivity contribution in [1.29, 1.82) is 0 Å². The molecule has 1 aliphatic carbocycles. The molecule has 0 saturated heterocycles. The van der Waals surface area contributed by atoms with Crippen molar-refractivity contribution < 1.29 is 0 Å². The lowest BCUT2D eigenvalue weighted by molar-refractivity contribution is 0.494. The molecule has 2 N–H and O–H groups in total. The van der Waals surface area contributed by atoms with Crippen LogP contribution in [0.5, 0.6) is 0 Å². The van der Waals surface area contributed by atoms with Crippen LogP contribution in [-0.4, -0.2) is 12.6 Å². The van der Waals surface area contributed by atoms with Crippen LogP contribution in [0.2, 0.25) is 0 Å². The van der Waals surface area contributed by atoms with E-state index in [-0.39, 0.29) is 0 Å². The van der Waals surface area contributed by atoms with Gasteiger partial charge in [0, 0.05) is 18.6 Å². The van der Waals surface area contributed by atoms with Gasteiger partial charge >= 0.3 is 0 Å². The van der Waals surface area contributed by atoms with Crippen molar-refractivity contribution in [1.82, 2.24) is 10.6 Å². The lowest BCUT2D eigenvalue weighted by atomic mass is 9.99. The molecule has 0 radical (unpaired) electrons. The number of hydrogen-bond donors (Lipinski definition) is 2. The molecule has 1 saturated carbocycles. The highest BCUT2D eigenvalue weighted by atomic mass is 15.0. The molecule has 0 aromatic heterocycles. The van der Waals surface area contributed by atoms with Gasteiger partial charge in [0.2, 0.25) is 0 Å².